The van der Waals surface area contributed by atoms with Crippen LogP contribution in [-0.4, -0.2) is 6.54 Å². The Bertz CT molecular complexity index is 558. The summed E-state index contributed by atoms with van der Waals surface area (Å²) in [6.45, 7) is 8.54. The highest BCUT2D eigenvalue weighted by molar-refractivity contribution is 5.53. The fourth-order valence-electron chi connectivity index (χ4n) is 2.38. The molecular weight excluding hydrogens is 244 g/mol. The van der Waals surface area contributed by atoms with Gasteiger partial charge in [-0.15, -0.1) is 0 Å². The van der Waals surface area contributed by atoms with Crippen LogP contribution in [0.4, 0.5) is 11.4 Å². The highest BCUT2D eigenvalue weighted by Crippen LogP contribution is 2.20. The fourth-order valence-corrected chi connectivity index (χ4v) is 2.38. The molecule has 0 fully saturated rings. The fraction of sp³-hybridized carbons (Fsp3) is 0.333. The molecule has 0 unspecified atom stereocenters. The zero-order valence-corrected chi connectivity index (χ0v) is 12.7. The van der Waals surface area contributed by atoms with Gasteiger partial charge >= 0.3 is 0 Å². The van der Waals surface area contributed by atoms with Crippen molar-refractivity contribution in [1.29, 1.82) is 0 Å². The number of aryl methyl sites for hydroxylation is 2. The quantitative estimate of drug-likeness (QED) is 0.819. The number of hydrogen-bond acceptors (Lipinski definition) is 2. The van der Waals surface area contributed by atoms with Gasteiger partial charge in [0.2, 0.25) is 0 Å². The smallest absolute Gasteiger partial charge is 0.0429 e. The summed E-state index contributed by atoms with van der Waals surface area (Å²) in [7, 11) is 0. The maximum Gasteiger partial charge on any atom is 0.0429 e. The van der Waals surface area contributed by atoms with Crippen molar-refractivity contribution >= 4 is 11.4 Å². The molecule has 0 atom stereocenters. The van der Waals surface area contributed by atoms with Crippen LogP contribution in [0.3, 0.4) is 0 Å². The van der Waals surface area contributed by atoms with Gasteiger partial charge in [0.25, 0.3) is 0 Å². The topological polar surface area (TPSA) is 29.3 Å². The Kier molecular flexibility index (Phi) is 4.67. The van der Waals surface area contributed by atoms with E-state index in [1.54, 1.807) is 0 Å². The summed E-state index contributed by atoms with van der Waals surface area (Å²) in [6.07, 6.45) is 1.13. The molecule has 20 heavy (non-hydrogen) atoms. The molecule has 0 spiro atoms. The molecule has 2 rings (SSSR count). The normalized spacial score (nSPS) is 10.6. The summed E-state index contributed by atoms with van der Waals surface area (Å²) >= 11 is 0. The molecule has 0 aliphatic rings. The Morgan fingerprint density at radius 1 is 0.950 bits per heavy atom. The van der Waals surface area contributed by atoms with Crippen molar-refractivity contribution in [3.8, 4) is 0 Å². The van der Waals surface area contributed by atoms with Crippen molar-refractivity contribution in [2.24, 2.45) is 0 Å². The highest BCUT2D eigenvalue weighted by Gasteiger charge is 2.07. The zero-order valence-electron chi connectivity index (χ0n) is 12.7. The monoisotopic (exact) mass is 268 g/mol. The summed E-state index contributed by atoms with van der Waals surface area (Å²) in [4.78, 5) is 2.41. The molecule has 106 valence electrons. The van der Waals surface area contributed by atoms with Crippen LogP contribution in [0, 0.1) is 13.8 Å². The average molecular weight is 268 g/mol. The molecule has 0 aliphatic carbocycles. The summed E-state index contributed by atoms with van der Waals surface area (Å²) in [5.41, 5.74) is 11.9. The number of benzene rings is 2. The molecule has 2 N–H and O–H groups in total. The summed E-state index contributed by atoms with van der Waals surface area (Å²) in [6, 6.07) is 14.9. The number of anilines is 2. The van der Waals surface area contributed by atoms with Crippen LogP contribution in [0.25, 0.3) is 0 Å². The molecular formula is C18H24N2. The Morgan fingerprint density at radius 2 is 1.65 bits per heavy atom. The molecule has 2 aromatic carbocycles. The first-order valence-electron chi connectivity index (χ1n) is 7.26. The minimum Gasteiger partial charge on any atom is -0.399 e. The van der Waals surface area contributed by atoms with Crippen LogP contribution in [0.1, 0.15) is 30.0 Å². The number of nitrogens with two attached hydrogens (primary N) is 1. The molecule has 0 radical (unpaired) electrons. The maximum absolute atomic E-state index is 5.77. The first kappa shape index (κ1) is 14.4. The average Bonchev–Trinajstić information content (AvgIpc) is 2.43. The highest BCUT2D eigenvalue weighted by atomic mass is 15.1. The lowest BCUT2D eigenvalue weighted by Gasteiger charge is -2.25. The molecule has 0 aromatic heterocycles. The third-order valence-corrected chi connectivity index (χ3v) is 3.70. The largest absolute Gasteiger partial charge is 0.399 e. The Hall–Kier alpha value is -1.96. The van der Waals surface area contributed by atoms with E-state index in [0.717, 1.165) is 25.2 Å². The molecule has 0 bridgehead atoms. The molecule has 2 nitrogen and oxygen atoms in total. The number of rotatable bonds is 5. The lowest BCUT2D eigenvalue weighted by atomic mass is 10.1. The molecule has 0 heterocycles. The minimum absolute atomic E-state index is 0.816. The SMILES string of the molecule is CCCN(Cc1ccc(C)c(C)c1)c1ccc(N)cc1. The minimum atomic E-state index is 0.816. The van der Waals surface area contributed by atoms with Crippen LogP contribution in [0.15, 0.2) is 42.5 Å². The van der Waals surface area contributed by atoms with Crippen molar-refractivity contribution in [2.45, 2.75) is 33.7 Å². The van der Waals surface area contributed by atoms with Gasteiger partial charge in [0.15, 0.2) is 0 Å². The van der Waals surface area contributed by atoms with Gasteiger partial charge in [0.05, 0.1) is 0 Å². The standard InChI is InChI=1S/C18H24N2/c1-4-11-20(18-9-7-17(19)8-10-18)13-16-6-5-14(2)15(3)12-16/h5-10,12H,4,11,13,19H2,1-3H3. The van der Waals surface area contributed by atoms with Gasteiger partial charge in [0, 0.05) is 24.5 Å². The predicted molar refractivity (Wildman–Crippen MR) is 88.1 cm³/mol. The lowest BCUT2D eigenvalue weighted by molar-refractivity contribution is 0.767. The van der Waals surface area contributed by atoms with Gasteiger partial charge in [0.1, 0.15) is 0 Å². The van der Waals surface area contributed by atoms with Crippen LogP contribution in [-0.2, 0) is 6.54 Å². The Morgan fingerprint density at radius 3 is 2.25 bits per heavy atom. The van der Waals surface area contributed by atoms with Crippen molar-refractivity contribution in [3.63, 3.8) is 0 Å². The Labute approximate surface area is 122 Å². The lowest BCUT2D eigenvalue weighted by Crippen LogP contribution is -2.23. The number of hydrogen-bond donors (Lipinski definition) is 1. The predicted octanol–water partition coefficient (Wildman–Crippen LogP) is 4.30. The number of nitrogens with zero attached hydrogens (tertiary/aromatic N) is 1. The van der Waals surface area contributed by atoms with E-state index in [9.17, 15) is 0 Å². The summed E-state index contributed by atoms with van der Waals surface area (Å²) in [5.74, 6) is 0. The van der Waals surface area contributed by atoms with Crippen molar-refractivity contribution in [3.05, 3.63) is 59.2 Å². The van der Waals surface area contributed by atoms with Gasteiger partial charge in [-0.2, -0.15) is 0 Å². The first-order valence-corrected chi connectivity index (χ1v) is 7.26. The maximum atomic E-state index is 5.77. The number of nitrogen functional groups attached to an aromatic ring is 1. The van der Waals surface area contributed by atoms with Gasteiger partial charge in [-0.05, 0) is 61.2 Å². The molecule has 0 amide bonds. The third kappa shape index (κ3) is 3.53. The molecule has 2 heteroatoms. The van der Waals surface area contributed by atoms with E-state index in [1.165, 1.54) is 22.4 Å². The van der Waals surface area contributed by atoms with E-state index in [4.69, 9.17) is 5.73 Å². The second-order valence-corrected chi connectivity index (χ2v) is 5.43. The van der Waals surface area contributed by atoms with Crippen molar-refractivity contribution < 1.29 is 0 Å². The van der Waals surface area contributed by atoms with E-state index in [0.29, 0.717) is 0 Å². The van der Waals surface area contributed by atoms with Gasteiger partial charge in [-0.3, -0.25) is 0 Å². The molecule has 0 aliphatic heterocycles. The first-order chi connectivity index (χ1) is 9.60. The van der Waals surface area contributed by atoms with Crippen molar-refractivity contribution in [1.82, 2.24) is 0 Å². The van der Waals surface area contributed by atoms with Gasteiger partial charge < -0.3 is 10.6 Å². The molecule has 2 aromatic rings. The second-order valence-electron chi connectivity index (χ2n) is 5.43. The van der Waals surface area contributed by atoms with Gasteiger partial charge in [-0.1, -0.05) is 25.1 Å². The van der Waals surface area contributed by atoms with E-state index in [-0.39, 0.29) is 0 Å². The third-order valence-electron chi connectivity index (χ3n) is 3.70. The van der Waals surface area contributed by atoms with Crippen LogP contribution >= 0.6 is 0 Å². The van der Waals surface area contributed by atoms with Crippen LogP contribution in [0.2, 0.25) is 0 Å². The van der Waals surface area contributed by atoms with Crippen LogP contribution in [0.5, 0.6) is 0 Å². The van der Waals surface area contributed by atoms with Gasteiger partial charge in [-0.25, -0.2) is 0 Å². The van der Waals surface area contributed by atoms with Crippen molar-refractivity contribution in [2.75, 3.05) is 17.2 Å². The van der Waals surface area contributed by atoms with E-state index in [1.807, 2.05) is 12.1 Å². The summed E-state index contributed by atoms with van der Waals surface area (Å²) < 4.78 is 0. The zero-order chi connectivity index (χ0) is 14.5. The van der Waals surface area contributed by atoms with E-state index < -0.39 is 0 Å². The second kappa shape index (κ2) is 6.47. The Balaban J connectivity index is 2.20. The van der Waals surface area contributed by atoms with E-state index >= 15 is 0 Å². The summed E-state index contributed by atoms with van der Waals surface area (Å²) in [5, 5.41) is 0. The molecule has 0 saturated heterocycles. The van der Waals surface area contributed by atoms with E-state index in [2.05, 4.69) is 56.0 Å². The molecule has 0 saturated carbocycles. The van der Waals surface area contributed by atoms with Crippen LogP contribution < -0.4 is 10.6 Å².